The number of pyridine rings is 1. The van der Waals surface area contributed by atoms with Crippen molar-refractivity contribution < 1.29 is 42.9 Å². The van der Waals surface area contributed by atoms with Crippen LogP contribution in [0.1, 0.15) is 81.5 Å². The molecule has 44 heavy (non-hydrogen) atoms. The van der Waals surface area contributed by atoms with Crippen LogP contribution in [0.15, 0.2) is 54.9 Å². The number of hydrogen-bond acceptors (Lipinski definition) is 10. The number of hydrogen-bond donors (Lipinski definition) is 0. The van der Waals surface area contributed by atoms with Crippen LogP contribution in [0.3, 0.4) is 0 Å². The Morgan fingerprint density at radius 2 is 1.66 bits per heavy atom. The number of aromatic nitrogens is 1. The van der Waals surface area contributed by atoms with Crippen molar-refractivity contribution in [3.63, 3.8) is 0 Å². The summed E-state index contributed by atoms with van der Waals surface area (Å²) in [5, 5.41) is 0. The molecule has 3 fully saturated rings. The molecule has 2 aliphatic carbocycles. The monoisotopic (exact) mass is 607 g/mol. The van der Waals surface area contributed by atoms with Gasteiger partial charge in [0.2, 0.25) is 0 Å². The maximum Gasteiger partial charge on any atom is 0.339 e. The van der Waals surface area contributed by atoms with Gasteiger partial charge in [-0.25, -0.2) is 9.59 Å². The fraction of sp³-hybridized carbons (Fsp3) is 0.559. The second-order valence-corrected chi connectivity index (χ2v) is 13.1. The van der Waals surface area contributed by atoms with Crippen molar-refractivity contribution >= 4 is 23.9 Å². The Morgan fingerprint density at radius 3 is 2.30 bits per heavy atom. The summed E-state index contributed by atoms with van der Waals surface area (Å²) < 4.78 is 31.8. The van der Waals surface area contributed by atoms with E-state index >= 15 is 0 Å². The summed E-state index contributed by atoms with van der Waals surface area (Å²) in [6.07, 6.45) is 1.35. The molecule has 3 aliphatic rings. The van der Waals surface area contributed by atoms with Crippen molar-refractivity contribution in [1.29, 1.82) is 0 Å². The number of ether oxygens (including phenoxy) is 5. The van der Waals surface area contributed by atoms with Crippen molar-refractivity contribution in [3.8, 4) is 0 Å². The summed E-state index contributed by atoms with van der Waals surface area (Å²) in [4.78, 5) is 57.1. The average molecular weight is 608 g/mol. The quantitative estimate of drug-likeness (QED) is 0.301. The van der Waals surface area contributed by atoms with Gasteiger partial charge in [-0.15, -0.1) is 0 Å². The highest BCUT2D eigenvalue weighted by Crippen LogP contribution is 2.67. The molecule has 0 amide bonds. The van der Waals surface area contributed by atoms with Crippen LogP contribution in [0.4, 0.5) is 0 Å². The minimum atomic E-state index is -1.43. The lowest BCUT2D eigenvalue weighted by Crippen LogP contribution is -2.74. The van der Waals surface area contributed by atoms with Crippen LogP contribution in [0.5, 0.6) is 0 Å². The average Bonchev–Trinajstić information content (AvgIpc) is 3.25. The van der Waals surface area contributed by atoms with Gasteiger partial charge in [0.05, 0.1) is 28.2 Å². The molecule has 1 spiro atoms. The van der Waals surface area contributed by atoms with E-state index in [0.29, 0.717) is 24.8 Å². The summed E-state index contributed by atoms with van der Waals surface area (Å²) >= 11 is 0. The molecule has 0 unspecified atom stereocenters. The number of esters is 4. The summed E-state index contributed by atoms with van der Waals surface area (Å²) in [5.74, 6) is -3.26. The molecule has 0 N–H and O–H groups in total. The zero-order chi connectivity index (χ0) is 31.9. The third-order valence-corrected chi connectivity index (χ3v) is 9.70. The van der Waals surface area contributed by atoms with Gasteiger partial charge < -0.3 is 23.7 Å². The lowest BCUT2D eigenvalue weighted by atomic mass is 9.49. The van der Waals surface area contributed by atoms with Gasteiger partial charge >= 0.3 is 23.9 Å². The molecule has 5 rings (SSSR count). The van der Waals surface area contributed by atoms with E-state index in [4.69, 9.17) is 23.7 Å². The fourth-order valence-corrected chi connectivity index (χ4v) is 7.57. The van der Waals surface area contributed by atoms with Gasteiger partial charge in [-0.2, -0.15) is 0 Å². The standard InChI is InChI=1S/C34H41NO9/c1-20(2)29(37)42-27-25-17-34(44-32(25,5)6)21(3)14-15-26(41-22(4)36)33(34,19-40-30(38)24-13-10-16-35-18-24)28(27)43-31(39)23-11-8-7-9-12-23/h7-13,16,18,20-21,25-28H,14-15,17,19H2,1-6H3/t21-,25+,26+,27+,28-,33+,34+/m1/s1. The number of nitrogens with zero attached hydrogens (tertiary/aromatic N) is 1. The van der Waals surface area contributed by atoms with Gasteiger partial charge in [0.15, 0.2) is 6.10 Å². The molecule has 1 aromatic heterocycles. The molecule has 10 heteroatoms. The molecule has 2 aromatic rings. The fourth-order valence-electron chi connectivity index (χ4n) is 7.57. The first-order valence-corrected chi connectivity index (χ1v) is 15.2. The predicted octanol–water partition coefficient (Wildman–Crippen LogP) is 4.95. The molecule has 2 saturated carbocycles. The van der Waals surface area contributed by atoms with Crippen molar-refractivity contribution in [3.05, 3.63) is 66.0 Å². The van der Waals surface area contributed by atoms with Crippen LogP contribution in [-0.4, -0.2) is 65.0 Å². The first kappa shape index (κ1) is 31.6. The van der Waals surface area contributed by atoms with E-state index < -0.39 is 64.7 Å². The van der Waals surface area contributed by atoms with E-state index in [1.807, 2.05) is 13.8 Å². The summed E-state index contributed by atoms with van der Waals surface area (Å²) in [6, 6.07) is 11.7. The van der Waals surface area contributed by atoms with Crippen molar-refractivity contribution in [1.82, 2.24) is 4.98 Å². The summed E-state index contributed by atoms with van der Waals surface area (Å²) in [7, 11) is 0. The van der Waals surface area contributed by atoms with Gasteiger partial charge in [-0.1, -0.05) is 39.0 Å². The first-order valence-electron chi connectivity index (χ1n) is 15.2. The van der Waals surface area contributed by atoms with Crippen molar-refractivity contribution in [2.75, 3.05) is 6.61 Å². The maximum atomic E-state index is 13.8. The van der Waals surface area contributed by atoms with E-state index in [1.165, 1.54) is 13.1 Å². The van der Waals surface area contributed by atoms with E-state index in [0.717, 1.165) is 0 Å². The van der Waals surface area contributed by atoms with Gasteiger partial charge in [-0.3, -0.25) is 14.6 Å². The zero-order valence-electron chi connectivity index (χ0n) is 26.1. The Hall–Kier alpha value is -3.79. The van der Waals surface area contributed by atoms with Crippen LogP contribution in [-0.2, 0) is 33.3 Å². The normalized spacial score (nSPS) is 31.8. The van der Waals surface area contributed by atoms with Crippen LogP contribution >= 0.6 is 0 Å². The van der Waals surface area contributed by atoms with Crippen LogP contribution in [0.2, 0.25) is 0 Å². The van der Waals surface area contributed by atoms with Crippen LogP contribution in [0, 0.1) is 23.2 Å². The molecule has 236 valence electrons. The first-order chi connectivity index (χ1) is 20.8. The van der Waals surface area contributed by atoms with E-state index in [-0.39, 0.29) is 24.0 Å². The van der Waals surface area contributed by atoms with Gasteiger partial charge in [0.1, 0.15) is 24.2 Å². The molecule has 1 aromatic carbocycles. The predicted molar refractivity (Wildman–Crippen MR) is 157 cm³/mol. The zero-order valence-corrected chi connectivity index (χ0v) is 26.1. The second kappa shape index (κ2) is 12.0. The van der Waals surface area contributed by atoms with Gasteiger partial charge in [-0.05, 0) is 63.3 Å². The lowest BCUT2D eigenvalue weighted by Gasteiger charge is -2.61. The van der Waals surface area contributed by atoms with Crippen LogP contribution in [0.25, 0.3) is 0 Å². The summed E-state index contributed by atoms with van der Waals surface area (Å²) in [6.45, 7) is 10.4. The summed E-state index contributed by atoms with van der Waals surface area (Å²) in [5.41, 5.74) is -2.79. The highest BCUT2D eigenvalue weighted by atomic mass is 16.6. The molecular weight excluding hydrogens is 566 g/mol. The molecule has 10 nitrogen and oxygen atoms in total. The largest absolute Gasteiger partial charge is 0.462 e. The second-order valence-electron chi connectivity index (χ2n) is 13.1. The molecule has 2 bridgehead atoms. The van der Waals surface area contributed by atoms with Gasteiger partial charge in [0, 0.05) is 25.2 Å². The topological polar surface area (TPSA) is 127 Å². The maximum absolute atomic E-state index is 13.8. The van der Waals surface area contributed by atoms with Crippen molar-refractivity contribution in [2.45, 2.75) is 90.3 Å². The van der Waals surface area contributed by atoms with E-state index in [2.05, 4.69) is 11.9 Å². The Bertz CT molecular complexity index is 1390. The van der Waals surface area contributed by atoms with Crippen LogP contribution < -0.4 is 0 Å². The molecule has 0 radical (unpaired) electrons. The smallest absolute Gasteiger partial charge is 0.339 e. The lowest BCUT2D eigenvalue weighted by molar-refractivity contribution is -0.287. The number of benzene rings is 1. The van der Waals surface area contributed by atoms with E-state index in [1.54, 1.807) is 62.5 Å². The SMILES string of the molecule is CC(=O)O[C@H]1CC[C@@H](C)[C@@]23C[C@@H]([C@H](OC(=O)C(C)C)[C@@H](OC(=O)c4ccccc4)[C@]12COC(=O)c1cccnc1)C(C)(C)O3. The molecule has 1 aliphatic heterocycles. The minimum Gasteiger partial charge on any atom is -0.462 e. The van der Waals surface area contributed by atoms with Gasteiger partial charge in [0.25, 0.3) is 0 Å². The number of fused-ring (bicyclic) bond motifs is 1. The Balaban J connectivity index is 1.71. The highest BCUT2D eigenvalue weighted by molar-refractivity contribution is 5.90. The molecular formula is C34H41NO9. The minimum absolute atomic E-state index is 0.115. The van der Waals surface area contributed by atoms with Crippen molar-refractivity contribution in [2.24, 2.45) is 23.2 Å². The van der Waals surface area contributed by atoms with E-state index in [9.17, 15) is 19.2 Å². The number of rotatable bonds is 8. The highest BCUT2D eigenvalue weighted by Gasteiger charge is 2.79. The number of carbonyl (C=O) groups excluding carboxylic acids is 4. The third-order valence-electron chi connectivity index (χ3n) is 9.70. The molecule has 7 atom stereocenters. The molecule has 1 saturated heterocycles. The molecule has 2 heterocycles. The third kappa shape index (κ3) is 5.38. The Morgan fingerprint density at radius 1 is 0.955 bits per heavy atom. The number of carbonyl (C=O) groups is 4. The Kier molecular flexibility index (Phi) is 8.59. The Labute approximate surface area is 257 Å².